The van der Waals surface area contributed by atoms with Crippen LogP contribution in [0.25, 0.3) is 0 Å². The number of likely N-dealkylation sites (tertiary alicyclic amines) is 1. The number of nitrogens with one attached hydrogen (secondary N) is 1. The number of carbonyl (C=O) groups is 3. The number of hydrogen-bond donors (Lipinski definition) is 1. The SMILES string of the molecule is Cc1cccc(C)c1NC(=O)CCN1C(=O)[C@@H]2[C@H]3CC[C@@H](C3)[C@@H]2C1=O. The molecule has 0 unspecified atom stereocenters. The number of nitrogens with zero attached hydrogens (tertiary/aromatic N) is 1. The Morgan fingerprint density at radius 2 is 1.64 bits per heavy atom. The Morgan fingerprint density at radius 1 is 1.08 bits per heavy atom. The van der Waals surface area contributed by atoms with Gasteiger partial charge in [-0.25, -0.2) is 0 Å². The Morgan fingerprint density at radius 3 is 2.20 bits per heavy atom. The summed E-state index contributed by atoms with van der Waals surface area (Å²) in [6.07, 6.45) is 3.34. The Hall–Kier alpha value is -2.17. The number of rotatable bonds is 4. The Bertz CT molecular complexity index is 709. The lowest BCUT2D eigenvalue weighted by Gasteiger charge is -2.19. The molecule has 4 rings (SSSR count). The van der Waals surface area contributed by atoms with E-state index < -0.39 is 0 Å². The molecule has 1 aromatic carbocycles. The molecule has 1 N–H and O–H groups in total. The number of anilines is 1. The second-order valence-electron chi connectivity index (χ2n) is 7.78. The molecule has 2 saturated carbocycles. The number of amides is 3. The molecule has 5 heteroatoms. The second kappa shape index (κ2) is 5.97. The quantitative estimate of drug-likeness (QED) is 0.857. The summed E-state index contributed by atoms with van der Waals surface area (Å²) in [5.41, 5.74) is 2.84. The van der Waals surface area contributed by atoms with Crippen LogP contribution in [0.15, 0.2) is 18.2 Å². The van der Waals surface area contributed by atoms with Crippen LogP contribution in [-0.4, -0.2) is 29.2 Å². The van der Waals surface area contributed by atoms with E-state index >= 15 is 0 Å². The summed E-state index contributed by atoms with van der Waals surface area (Å²) in [5.74, 6) is 0.336. The van der Waals surface area contributed by atoms with Crippen molar-refractivity contribution in [1.29, 1.82) is 0 Å². The van der Waals surface area contributed by atoms with Gasteiger partial charge in [-0.05, 0) is 56.1 Å². The van der Waals surface area contributed by atoms with Crippen LogP contribution in [0, 0.1) is 37.5 Å². The van der Waals surface area contributed by atoms with Crippen molar-refractivity contribution in [2.24, 2.45) is 23.7 Å². The predicted molar refractivity (Wildman–Crippen MR) is 93.7 cm³/mol. The molecule has 1 aliphatic heterocycles. The van der Waals surface area contributed by atoms with Crippen LogP contribution >= 0.6 is 0 Å². The van der Waals surface area contributed by atoms with Gasteiger partial charge >= 0.3 is 0 Å². The van der Waals surface area contributed by atoms with E-state index in [0.29, 0.717) is 11.8 Å². The average molecular weight is 340 g/mol. The van der Waals surface area contributed by atoms with Gasteiger partial charge in [-0.1, -0.05) is 18.2 Å². The molecule has 25 heavy (non-hydrogen) atoms. The van der Waals surface area contributed by atoms with Gasteiger partial charge in [-0.2, -0.15) is 0 Å². The molecule has 1 aromatic rings. The van der Waals surface area contributed by atoms with Crippen molar-refractivity contribution in [1.82, 2.24) is 4.90 Å². The molecular formula is C20H24N2O3. The summed E-state index contributed by atoms with van der Waals surface area (Å²) in [6.45, 7) is 4.10. The first-order valence-corrected chi connectivity index (χ1v) is 9.18. The molecule has 4 atom stereocenters. The molecule has 132 valence electrons. The minimum Gasteiger partial charge on any atom is -0.326 e. The highest BCUT2D eigenvalue weighted by Crippen LogP contribution is 2.56. The second-order valence-corrected chi connectivity index (χ2v) is 7.78. The number of benzene rings is 1. The third-order valence-electron chi connectivity index (χ3n) is 6.33. The van der Waals surface area contributed by atoms with Crippen molar-refractivity contribution in [2.45, 2.75) is 39.5 Å². The van der Waals surface area contributed by atoms with Crippen molar-refractivity contribution in [3.05, 3.63) is 29.3 Å². The van der Waals surface area contributed by atoms with Crippen molar-refractivity contribution in [3.63, 3.8) is 0 Å². The third kappa shape index (κ3) is 2.57. The normalized spacial score (nSPS) is 30.1. The van der Waals surface area contributed by atoms with E-state index in [9.17, 15) is 14.4 Å². The Balaban J connectivity index is 1.39. The van der Waals surface area contributed by atoms with Crippen LogP contribution in [0.5, 0.6) is 0 Å². The first-order chi connectivity index (χ1) is 12.0. The first kappa shape index (κ1) is 16.3. The molecular weight excluding hydrogens is 316 g/mol. The summed E-state index contributed by atoms with van der Waals surface area (Å²) in [7, 11) is 0. The molecule has 5 nitrogen and oxygen atoms in total. The zero-order valence-corrected chi connectivity index (χ0v) is 14.7. The van der Waals surface area contributed by atoms with Gasteiger partial charge in [-0.15, -0.1) is 0 Å². The lowest BCUT2D eigenvalue weighted by atomic mass is 9.81. The van der Waals surface area contributed by atoms with Crippen LogP contribution in [0.3, 0.4) is 0 Å². The highest BCUT2D eigenvalue weighted by molar-refractivity contribution is 6.06. The van der Waals surface area contributed by atoms with Crippen LogP contribution in [-0.2, 0) is 14.4 Å². The third-order valence-corrected chi connectivity index (χ3v) is 6.33. The lowest BCUT2D eigenvalue weighted by molar-refractivity contribution is -0.140. The van der Waals surface area contributed by atoms with E-state index in [1.807, 2.05) is 32.0 Å². The zero-order chi connectivity index (χ0) is 17.7. The van der Waals surface area contributed by atoms with Crippen molar-refractivity contribution >= 4 is 23.4 Å². The monoisotopic (exact) mass is 340 g/mol. The number of hydrogen-bond acceptors (Lipinski definition) is 3. The number of aryl methyl sites for hydroxylation is 2. The van der Waals surface area contributed by atoms with E-state index in [4.69, 9.17) is 0 Å². The number of para-hydroxylation sites is 1. The molecule has 3 aliphatic rings. The molecule has 0 aromatic heterocycles. The highest BCUT2D eigenvalue weighted by atomic mass is 16.2. The van der Waals surface area contributed by atoms with Crippen LogP contribution in [0.4, 0.5) is 5.69 Å². The van der Waals surface area contributed by atoms with E-state index in [0.717, 1.165) is 36.1 Å². The minimum absolute atomic E-state index is 0.0397. The summed E-state index contributed by atoms with van der Waals surface area (Å²) < 4.78 is 0. The lowest BCUT2D eigenvalue weighted by Crippen LogP contribution is -2.35. The van der Waals surface area contributed by atoms with Gasteiger partial charge in [-0.3, -0.25) is 19.3 Å². The summed E-state index contributed by atoms with van der Waals surface area (Å²) in [6, 6.07) is 5.86. The topological polar surface area (TPSA) is 66.5 Å². The van der Waals surface area contributed by atoms with Gasteiger partial charge in [0.2, 0.25) is 17.7 Å². The largest absolute Gasteiger partial charge is 0.326 e. The zero-order valence-electron chi connectivity index (χ0n) is 14.7. The summed E-state index contributed by atoms with van der Waals surface area (Å²) in [4.78, 5) is 38.9. The molecule has 1 saturated heterocycles. The Kier molecular flexibility index (Phi) is 3.89. The maximum absolute atomic E-state index is 12.6. The standard InChI is InChI=1S/C20H24N2O3/c1-11-4-3-5-12(2)18(11)21-15(23)8-9-22-19(24)16-13-6-7-14(10-13)17(16)20(22)25/h3-5,13-14,16-17H,6-10H2,1-2H3,(H,21,23)/t13-,14-,16-,17+/m0/s1. The van der Waals surface area contributed by atoms with E-state index in [1.54, 1.807) is 0 Å². The van der Waals surface area contributed by atoms with Crippen LogP contribution in [0.2, 0.25) is 0 Å². The van der Waals surface area contributed by atoms with Gasteiger partial charge in [0.1, 0.15) is 0 Å². The molecule has 3 fully saturated rings. The summed E-state index contributed by atoms with van der Waals surface area (Å²) in [5, 5.41) is 2.92. The molecule has 3 amide bonds. The summed E-state index contributed by atoms with van der Waals surface area (Å²) >= 11 is 0. The fourth-order valence-corrected chi connectivity index (χ4v) is 5.12. The molecule has 2 aliphatic carbocycles. The Labute approximate surface area is 147 Å². The number of imide groups is 1. The van der Waals surface area contributed by atoms with E-state index in [-0.39, 0.29) is 42.5 Å². The van der Waals surface area contributed by atoms with Gasteiger partial charge in [0, 0.05) is 18.7 Å². The van der Waals surface area contributed by atoms with Crippen molar-refractivity contribution in [3.8, 4) is 0 Å². The molecule has 0 radical (unpaired) electrons. The maximum Gasteiger partial charge on any atom is 0.233 e. The minimum atomic E-state index is -0.155. The fourth-order valence-electron chi connectivity index (χ4n) is 5.12. The molecule has 0 spiro atoms. The van der Waals surface area contributed by atoms with E-state index in [1.165, 1.54) is 4.90 Å². The predicted octanol–water partition coefficient (Wildman–Crippen LogP) is 2.66. The van der Waals surface area contributed by atoms with Crippen LogP contribution in [0.1, 0.15) is 36.8 Å². The fraction of sp³-hybridized carbons (Fsp3) is 0.550. The molecule has 2 bridgehead atoms. The van der Waals surface area contributed by atoms with Gasteiger partial charge in [0.25, 0.3) is 0 Å². The first-order valence-electron chi connectivity index (χ1n) is 9.18. The van der Waals surface area contributed by atoms with Crippen LogP contribution < -0.4 is 5.32 Å². The highest BCUT2D eigenvalue weighted by Gasteiger charge is 2.60. The maximum atomic E-state index is 12.6. The number of carbonyl (C=O) groups excluding carboxylic acids is 3. The van der Waals surface area contributed by atoms with Gasteiger partial charge < -0.3 is 5.32 Å². The van der Waals surface area contributed by atoms with Gasteiger partial charge in [0.15, 0.2) is 0 Å². The van der Waals surface area contributed by atoms with Gasteiger partial charge in [0.05, 0.1) is 11.8 Å². The van der Waals surface area contributed by atoms with Crippen molar-refractivity contribution in [2.75, 3.05) is 11.9 Å². The number of fused-ring (bicyclic) bond motifs is 5. The smallest absolute Gasteiger partial charge is 0.233 e. The van der Waals surface area contributed by atoms with E-state index in [2.05, 4.69) is 5.32 Å². The molecule has 1 heterocycles. The van der Waals surface area contributed by atoms with Crippen molar-refractivity contribution < 1.29 is 14.4 Å². The average Bonchev–Trinajstić information content (AvgIpc) is 3.24.